The molecule has 3 rings (SSSR count). The van der Waals surface area contributed by atoms with Crippen molar-refractivity contribution < 1.29 is 0 Å². The summed E-state index contributed by atoms with van der Waals surface area (Å²) in [5.41, 5.74) is 2.60. The molecule has 0 amide bonds. The molecule has 1 saturated heterocycles. The van der Waals surface area contributed by atoms with Gasteiger partial charge in [0, 0.05) is 19.2 Å². The number of fused-ring (bicyclic) bond motifs is 1. The molecule has 92 valence electrons. The van der Waals surface area contributed by atoms with Gasteiger partial charge in [0.25, 0.3) is 0 Å². The van der Waals surface area contributed by atoms with E-state index in [0.717, 1.165) is 36.6 Å². The fourth-order valence-electron chi connectivity index (χ4n) is 3.21. The van der Waals surface area contributed by atoms with Crippen molar-refractivity contribution in [2.24, 2.45) is 17.7 Å². The van der Waals surface area contributed by atoms with E-state index in [0.29, 0.717) is 5.82 Å². The highest BCUT2D eigenvalue weighted by Gasteiger charge is 2.36. The highest BCUT2D eigenvalue weighted by Crippen LogP contribution is 2.39. The van der Waals surface area contributed by atoms with Gasteiger partial charge in [-0.15, -0.1) is 0 Å². The molecule has 3 N–H and O–H groups in total. The van der Waals surface area contributed by atoms with Gasteiger partial charge in [0.05, 0.1) is 0 Å². The highest BCUT2D eigenvalue weighted by molar-refractivity contribution is 5.49. The molecule has 0 spiro atoms. The van der Waals surface area contributed by atoms with E-state index in [-0.39, 0.29) is 0 Å². The minimum atomic E-state index is 0.699. The topological polar surface area (TPSA) is 67.1 Å². The number of hydrogen-bond donors (Lipinski definition) is 2. The number of aryl methyl sites for hydroxylation is 1. The van der Waals surface area contributed by atoms with Crippen LogP contribution in [-0.2, 0) is 0 Å². The van der Waals surface area contributed by atoms with Crippen LogP contribution in [0.4, 0.5) is 11.6 Å². The van der Waals surface area contributed by atoms with Crippen molar-refractivity contribution in [2.45, 2.75) is 26.2 Å². The summed E-state index contributed by atoms with van der Waals surface area (Å²) in [5.74, 6) is 9.65. The van der Waals surface area contributed by atoms with Crippen LogP contribution < -0.4 is 16.2 Å². The van der Waals surface area contributed by atoms with Crippen LogP contribution in [0.5, 0.6) is 0 Å². The molecule has 2 aliphatic rings. The lowest BCUT2D eigenvalue weighted by Crippen LogP contribution is -2.23. The van der Waals surface area contributed by atoms with Crippen LogP contribution in [0.25, 0.3) is 0 Å². The van der Waals surface area contributed by atoms with E-state index >= 15 is 0 Å². The minimum absolute atomic E-state index is 0.699. The van der Waals surface area contributed by atoms with Crippen molar-refractivity contribution in [3.63, 3.8) is 0 Å². The molecule has 2 atom stereocenters. The summed E-state index contributed by atoms with van der Waals surface area (Å²) in [6.45, 7) is 4.19. The Labute approximate surface area is 101 Å². The molecule has 2 unspecified atom stereocenters. The average molecular weight is 233 g/mol. The van der Waals surface area contributed by atoms with Crippen molar-refractivity contribution in [3.8, 4) is 0 Å². The van der Waals surface area contributed by atoms with E-state index < -0.39 is 0 Å². The van der Waals surface area contributed by atoms with Gasteiger partial charge in [0.2, 0.25) is 0 Å². The molecule has 17 heavy (non-hydrogen) atoms. The number of nitrogen functional groups attached to an aromatic ring is 1. The summed E-state index contributed by atoms with van der Waals surface area (Å²) in [6.07, 6.45) is 4.17. The molecule has 5 heteroatoms. The van der Waals surface area contributed by atoms with Gasteiger partial charge in [0.15, 0.2) is 0 Å². The van der Waals surface area contributed by atoms with Crippen LogP contribution in [0.15, 0.2) is 6.07 Å². The Hall–Kier alpha value is -1.36. The van der Waals surface area contributed by atoms with Crippen LogP contribution in [0, 0.1) is 18.8 Å². The number of nitrogens with one attached hydrogen (secondary N) is 1. The van der Waals surface area contributed by atoms with Crippen molar-refractivity contribution >= 4 is 11.6 Å². The number of hydrazine groups is 1. The third-order valence-electron chi connectivity index (χ3n) is 4.02. The standard InChI is InChI=1S/C12H19N5/c1-8-14-11(16-13)5-12(15-8)17-6-9-3-2-4-10(9)7-17/h5,9-10H,2-4,6-7,13H2,1H3,(H,14,15,16). The van der Waals surface area contributed by atoms with Gasteiger partial charge >= 0.3 is 0 Å². The molecule has 2 heterocycles. The smallest absolute Gasteiger partial charge is 0.145 e. The Morgan fingerprint density at radius 2 is 2.00 bits per heavy atom. The van der Waals surface area contributed by atoms with Gasteiger partial charge in [-0.05, 0) is 31.6 Å². The fourth-order valence-corrected chi connectivity index (χ4v) is 3.21. The monoisotopic (exact) mass is 233 g/mol. The van der Waals surface area contributed by atoms with E-state index in [1.807, 2.05) is 13.0 Å². The Morgan fingerprint density at radius 1 is 1.29 bits per heavy atom. The van der Waals surface area contributed by atoms with Gasteiger partial charge in [-0.3, -0.25) is 0 Å². The number of anilines is 2. The Balaban J connectivity index is 1.82. The molecule has 1 aliphatic carbocycles. The van der Waals surface area contributed by atoms with E-state index in [1.165, 1.54) is 19.3 Å². The summed E-state index contributed by atoms with van der Waals surface area (Å²) in [6, 6.07) is 1.94. The molecular weight excluding hydrogens is 214 g/mol. The molecule has 1 aromatic heterocycles. The van der Waals surface area contributed by atoms with E-state index in [1.54, 1.807) is 0 Å². The summed E-state index contributed by atoms with van der Waals surface area (Å²) in [7, 11) is 0. The Morgan fingerprint density at radius 3 is 2.65 bits per heavy atom. The summed E-state index contributed by atoms with van der Waals surface area (Å²) < 4.78 is 0. The predicted octanol–water partition coefficient (Wildman–Crippen LogP) is 1.31. The fraction of sp³-hybridized carbons (Fsp3) is 0.667. The lowest BCUT2D eigenvalue weighted by atomic mass is 10.0. The maximum Gasteiger partial charge on any atom is 0.145 e. The van der Waals surface area contributed by atoms with E-state index in [2.05, 4.69) is 20.3 Å². The zero-order valence-electron chi connectivity index (χ0n) is 10.2. The summed E-state index contributed by atoms with van der Waals surface area (Å²) >= 11 is 0. The van der Waals surface area contributed by atoms with Gasteiger partial charge in [-0.25, -0.2) is 15.8 Å². The van der Waals surface area contributed by atoms with Crippen LogP contribution in [0.1, 0.15) is 25.1 Å². The van der Waals surface area contributed by atoms with Gasteiger partial charge in [-0.2, -0.15) is 0 Å². The van der Waals surface area contributed by atoms with Crippen LogP contribution in [-0.4, -0.2) is 23.1 Å². The van der Waals surface area contributed by atoms with Crippen molar-refractivity contribution in [1.82, 2.24) is 9.97 Å². The lowest BCUT2D eigenvalue weighted by Gasteiger charge is -2.19. The first kappa shape index (κ1) is 10.8. The molecule has 1 aliphatic heterocycles. The summed E-state index contributed by atoms with van der Waals surface area (Å²) in [4.78, 5) is 11.1. The Kier molecular flexibility index (Phi) is 2.63. The number of nitrogens with zero attached hydrogens (tertiary/aromatic N) is 3. The second-order valence-electron chi connectivity index (χ2n) is 5.16. The molecule has 5 nitrogen and oxygen atoms in total. The van der Waals surface area contributed by atoms with Crippen LogP contribution >= 0.6 is 0 Å². The maximum atomic E-state index is 5.42. The zero-order valence-corrected chi connectivity index (χ0v) is 10.2. The molecule has 0 radical (unpaired) electrons. The van der Waals surface area contributed by atoms with Gasteiger partial charge in [0.1, 0.15) is 17.5 Å². The van der Waals surface area contributed by atoms with Crippen molar-refractivity contribution in [1.29, 1.82) is 0 Å². The lowest BCUT2D eigenvalue weighted by molar-refractivity contribution is 0.494. The number of aromatic nitrogens is 2. The van der Waals surface area contributed by atoms with E-state index in [9.17, 15) is 0 Å². The highest BCUT2D eigenvalue weighted by atomic mass is 15.3. The molecule has 0 bridgehead atoms. The summed E-state index contributed by atoms with van der Waals surface area (Å²) in [5, 5.41) is 0. The number of hydrogen-bond acceptors (Lipinski definition) is 5. The van der Waals surface area contributed by atoms with Crippen LogP contribution in [0.2, 0.25) is 0 Å². The number of nitrogens with two attached hydrogens (primary N) is 1. The molecule has 0 aromatic carbocycles. The molecule has 1 saturated carbocycles. The largest absolute Gasteiger partial charge is 0.356 e. The molecule has 2 fully saturated rings. The third-order valence-corrected chi connectivity index (χ3v) is 4.02. The Bertz CT molecular complexity index is 407. The van der Waals surface area contributed by atoms with Gasteiger partial charge in [-0.1, -0.05) is 6.42 Å². The number of rotatable bonds is 2. The van der Waals surface area contributed by atoms with Crippen molar-refractivity contribution in [3.05, 3.63) is 11.9 Å². The maximum absolute atomic E-state index is 5.42. The second-order valence-corrected chi connectivity index (χ2v) is 5.16. The third kappa shape index (κ3) is 1.95. The zero-order chi connectivity index (χ0) is 11.8. The SMILES string of the molecule is Cc1nc(NN)cc(N2CC3CCCC3C2)n1. The first-order valence-electron chi connectivity index (χ1n) is 6.33. The first-order chi connectivity index (χ1) is 8.26. The normalized spacial score (nSPS) is 27.3. The van der Waals surface area contributed by atoms with Gasteiger partial charge < -0.3 is 10.3 Å². The second kappa shape index (κ2) is 4.14. The minimum Gasteiger partial charge on any atom is -0.356 e. The van der Waals surface area contributed by atoms with E-state index in [4.69, 9.17) is 5.84 Å². The molecule has 1 aromatic rings. The molecular formula is C12H19N5. The van der Waals surface area contributed by atoms with Crippen molar-refractivity contribution in [2.75, 3.05) is 23.4 Å². The van der Waals surface area contributed by atoms with Crippen LogP contribution in [0.3, 0.4) is 0 Å². The quantitative estimate of drug-likeness (QED) is 0.595. The average Bonchev–Trinajstić information content (AvgIpc) is 2.88. The predicted molar refractivity (Wildman–Crippen MR) is 67.6 cm³/mol. The first-order valence-corrected chi connectivity index (χ1v) is 6.33.